The first-order valence-corrected chi connectivity index (χ1v) is 7.48. The van der Waals surface area contributed by atoms with Crippen LogP contribution in [0.5, 0.6) is 0 Å². The summed E-state index contributed by atoms with van der Waals surface area (Å²) in [5.74, 6) is -0.0387. The third kappa shape index (κ3) is 4.97. The van der Waals surface area contributed by atoms with Gasteiger partial charge in [0.15, 0.2) is 0 Å². The lowest BCUT2D eigenvalue weighted by Gasteiger charge is -2.29. The average molecular weight is 276 g/mol. The van der Waals surface area contributed by atoms with Crippen molar-refractivity contribution in [2.75, 3.05) is 0 Å². The Balaban J connectivity index is 2.57. The molecular weight excluding hydrogens is 248 g/mol. The van der Waals surface area contributed by atoms with Crippen LogP contribution in [0.4, 0.5) is 0 Å². The van der Waals surface area contributed by atoms with Gasteiger partial charge in [0, 0.05) is 6.04 Å². The first-order valence-electron chi connectivity index (χ1n) is 7.48. The lowest BCUT2D eigenvalue weighted by molar-refractivity contribution is -0.123. The normalized spacial score (nSPS) is 14.7. The van der Waals surface area contributed by atoms with Crippen molar-refractivity contribution in [2.24, 2.45) is 5.73 Å². The first-order chi connectivity index (χ1) is 9.36. The van der Waals surface area contributed by atoms with Crippen LogP contribution in [0.25, 0.3) is 0 Å². The largest absolute Gasteiger partial charge is 0.352 e. The fraction of sp³-hybridized carbons (Fsp3) is 0.588. The number of nitrogens with two attached hydrogens (primary N) is 1. The summed E-state index contributed by atoms with van der Waals surface area (Å²) in [6.07, 6.45) is 2.56. The third-order valence-electron chi connectivity index (χ3n) is 3.70. The molecule has 3 nitrogen and oxygen atoms in total. The molecule has 0 bridgehead atoms. The van der Waals surface area contributed by atoms with Crippen molar-refractivity contribution in [3.63, 3.8) is 0 Å². The van der Waals surface area contributed by atoms with Crippen LogP contribution in [0, 0.1) is 0 Å². The Hall–Kier alpha value is -1.35. The molecule has 3 heteroatoms. The number of hydrogen-bond acceptors (Lipinski definition) is 2. The van der Waals surface area contributed by atoms with Gasteiger partial charge in [-0.2, -0.15) is 0 Å². The number of carbonyl (C=O) groups excluding carboxylic acids is 1. The lowest BCUT2D eigenvalue weighted by Crippen LogP contribution is -2.45. The highest BCUT2D eigenvalue weighted by atomic mass is 16.2. The van der Waals surface area contributed by atoms with Crippen molar-refractivity contribution in [1.29, 1.82) is 0 Å². The molecule has 2 unspecified atom stereocenters. The van der Waals surface area contributed by atoms with Crippen LogP contribution in [-0.4, -0.2) is 18.0 Å². The highest BCUT2D eigenvalue weighted by Crippen LogP contribution is 2.28. The standard InChI is InChI=1S/C17H28N2O/c1-5-9-15(18)16(20)19-13(2)12-17(3,4)14-10-7-6-8-11-14/h6-8,10-11,13,15H,5,9,12,18H2,1-4H3,(H,19,20). The minimum atomic E-state index is -0.387. The molecule has 0 fully saturated rings. The van der Waals surface area contributed by atoms with E-state index in [0.29, 0.717) is 0 Å². The molecule has 1 rings (SSSR count). The van der Waals surface area contributed by atoms with Crippen LogP contribution < -0.4 is 11.1 Å². The summed E-state index contributed by atoms with van der Waals surface area (Å²) in [5.41, 5.74) is 7.16. The smallest absolute Gasteiger partial charge is 0.237 e. The van der Waals surface area contributed by atoms with Crippen LogP contribution in [0.3, 0.4) is 0 Å². The van der Waals surface area contributed by atoms with Gasteiger partial charge >= 0.3 is 0 Å². The van der Waals surface area contributed by atoms with Gasteiger partial charge in [-0.1, -0.05) is 57.5 Å². The Kier molecular flexibility index (Phi) is 6.21. The molecule has 1 amide bonds. The van der Waals surface area contributed by atoms with Crippen LogP contribution in [-0.2, 0) is 10.2 Å². The van der Waals surface area contributed by atoms with E-state index in [1.165, 1.54) is 5.56 Å². The fourth-order valence-electron chi connectivity index (χ4n) is 2.62. The first kappa shape index (κ1) is 16.7. The van der Waals surface area contributed by atoms with Crippen LogP contribution in [0.15, 0.2) is 30.3 Å². The molecule has 0 heterocycles. The van der Waals surface area contributed by atoms with Crippen molar-refractivity contribution in [3.8, 4) is 0 Å². The van der Waals surface area contributed by atoms with Gasteiger partial charge in [-0.25, -0.2) is 0 Å². The Morgan fingerprint density at radius 3 is 2.45 bits per heavy atom. The van der Waals surface area contributed by atoms with Crippen LogP contribution >= 0.6 is 0 Å². The molecule has 0 saturated heterocycles. The van der Waals surface area contributed by atoms with Gasteiger partial charge in [-0.05, 0) is 30.7 Å². The summed E-state index contributed by atoms with van der Waals surface area (Å²) in [4.78, 5) is 11.9. The number of hydrogen-bond donors (Lipinski definition) is 2. The van der Waals surface area contributed by atoms with Crippen molar-refractivity contribution >= 4 is 5.91 Å². The minimum absolute atomic E-state index is 0.0306. The van der Waals surface area contributed by atoms with Gasteiger partial charge in [0.25, 0.3) is 0 Å². The second-order valence-electron chi connectivity index (χ2n) is 6.26. The van der Waals surface area contributed by atoms with E-state index in [1.807, 2.05) is 19.9 Å². The summed E-state index contributed by atoms with van der Waals surface area (Å²) in [7, 11) is 0. The molecule has 0 aliphatic heterocycles. The van der Waals surface area contributed by atoms with E-state index in [9.17, 15) is 4.79 Å². The zero-order valence-electron chi connectivity index (χ0n) is 13.1. The Morgan fingerprint density at radius 1 is 1.30 bits per heavy atom. The van der Waals surface area contributed by atoms with Crippen LogP contribution in [0.1, 0.15) is 52.5 Å². The molecule has 1 aromatic rings. The van der Waals surface area contributed by atoms with Crippen LogP contribution in [0.2, 0.25) is 0 Å². The predicted octanol–water partition coefficient (Wildman–Crippen LogP) is 2.99. The third-order valence-corrected chi connectivity index (χ3v) is 3.70. The maximum atomic E-state index is 11.9. The van der Waals surface area contributed by atoms with Crippen molar-refractivity contribution < 1.29 is 4.79 Å². The van der Waals surface area contributed by atoms with Crippen molar-refractivity contribution in [1.82, 2.24) is 5.32 Å². The van der Waals surface area contributed by atoms with E-state index >= 15 is 0 Å². The summed E-state index contributed by atoms with van der Waals surface area (Å²) in [6.45, 7) is 8.49. The second kappa shape index (κ2) is 7.44. The van der Waals surface area contributed by atoms with Gasteiger partial charge in [0.05, 0.1) is 6.04 Å². The molecule has 3 N–H and O–H groups in total. The molecule has 20 heavy (non-hydrogen) atoms. The van der Waals surface area contributed by atoms with Gasteiger partial charge < -0.3 is 11.1 Å². The molecule has 0 saturated carbocycles. The molecule has 112 valence electrons. The van der Waals surface area contributed by atoms with Gasteiger partial charge in [-0.3, -0.25) is 4.79 Å². The Morgan fingerprint density at radius 2 is 1.90 bits per heavy atom. The molecule has 0 spiro atoms. The molecule has 0 aliphatic rings. The predicted molar refractivity (Wildman–Crippen MR) is 84.6 cm³/mol. The highest BCUT2D eigenvalue weighted by molar-refractivity contribution is 5.81. The highest BCUT2D eigenvalue weighted by Gasteiger charge is 2.24. The minimum Gasteiger partial charge on any atom is -0.352 e. The molecule has 0 radical (unpaired) electrons. The second-order valence-corrected chi connectivity index (χ2v) is 6.26. The van der Waals surface area contributed by atoms with E-state index in [1.54, 1.807) is 0 Å². The Labute approximate surface area is 122 Å². The molecule has 1 aromatic carbocycles. The zero-order valence-corrected chi connectivity index (χ0v) is 13.1. The summed E-state index contributed by atoms with van der Waals surface area (Å²) in [5, 5.41) is 3.03. The average Bonchev–Trinajstić information content (AvgIpc) is 2.39. The molecule has 2 atom stereocenters. The zero-order chi connectivity index (χ0) is 15.2. The number of benzene rings is 1. The molecular formula is C17H28N2O. The van der Waals surface area contributed by atoms with Gasteiger partial charge in [-0.15, -0.1) is 0 Å². The van der Waals surface area contributed by atoms with E-state index in [4.69, 9.17) is 5.73 Å². The monoisotopic (exact) mass is 276 g/mol. The Bertz CT molecular complexity index is 414. The van der Waals surface area contributed by atoms with E-state index in [0.717, 1.165) is 19.3 Å². The van der Waals surface area contributed by atoms with E-state index < -0.39 is 0 Å². The fourth-order valence-corrected chi connectivity index (χ4v) is 2.62. The maximum absolute atomic E-state index is 11.9. The van der Waals surface area contributed by atoms with E-state index in [2.05, 4.69) is 43.4 Å². The quantitative estimate of drug-likeness (QED) is 0.804. The number of amides is 1. The maximum Gasteiger partial charge on any atom is 0.237 e. The SMILES string of the molecule is CCCC(N)C(=O)NC(C)CC(C)(C)c1ccccc1. The van der Waals surface area contributed by atoms with Crippen molar-refractivity contribution in [3.05, 3.63) is 35.9 Å². The van der Waals surface area contributed by atoms with Crippen molar-refractivity contribution in [2.45, 2.75) is 64.5 Å². The summed E-state index contributed by atoms with van der Waals surface area (Å²) in [6, 6.07) is 10.1. The summed E-state index contributed by atoms with van der Waals surface area (Å²) >= 11 is 0. The summed E-state index contributed by atoms with van der Waals surface area (Å²) < 4.78 is 0. The number of rotatable bonds is 7. The topological polar surface area (TPSA) is 55.1 Å². The number of carbonyl (C=O) groups is 1. The van der Waals surface area contributed by atoms with Gasteiger partial charge in [0.2, 0.25) is 5.91 Å². The van der Waals surface area contributed by atoms with Gasteiger partial charge in [0.1, 0.15) is 0 Å². The number of nitrogens with one attached hydrogen (secondary N) is 1. The van der Waals surface area contributed by atoms with E-state index in [-0.39, 0.29) is 23.4 Å². The molecule has 0 aliphatic carbocycles. The molecule has 0 aromatic heterocycles. The lowest BCUT2D eigenvalue weighted by atomic mass is 9.79.